The predicted octanol–water partition coefficient (Wildman–Crippen LogP) is 2.42. The minimum atomic E-state index is 0.451. The first-order valence-electron chi connectivity index (χ1n) is 5.80. The van der Waals surface area contributed by atoms with E-state index in [1.165, 1.54) is 12.0 Å². The van der Waals surface area contributed by atoms with Crippen molar-refractivity contribution in [3.05, 3.63) is 29.8 Å². The van der Waals surface area contributed by atoms with E-state index >= 15 is 0 Å². The third-order valence-electron chi connectivity index (χ3n) is 2.77. The standard InChI is InChI=1S/C13H19NO2/c1-15-9-11-4-2-5-12(8-11)14-13-6-3-7-16-10-13/h2,4-5,8,13-14H,3,6-7,9-10H2,1H3. The first kappa shape index (κ1) is 11.4. The molecule has 1 saturated heterocycles. The van der Waals surface area contributed by atoms with Gasteiger partial charge < -0.3 is 14.8 Å². The van der Waals surface area contributed by atoms with E-state index in [0.29, 0.717) is 12.6 Å². The summed E-state index contributed by atoms with van der Waals surface area (Å²) in [5.74, 6) is 0. The molecule has 1 fully saturated rings. The van der Waals surface area contributed by atoms with E-state index < -0.39 is 0 Å². The Labute approximate surface area is 96.8 Å². The van der Waals surface area contributed by atoms with Crippen molar-refractivity contribution < 1.29 is 9.47 Å². The van der Waals surface area contributed by atoms with Crippen LogP contribution in [0.1, 0.15) is 18.4 Å². The topological polar surface area (TPSA) is 30.5 Å². The quantitative estimate of drug-likeness (QED) is 0.847. The average Bonchev–Trinajstić information content (AvgIpc) is 2.31. The van der Waals surface area contributed by atoms with Gasteiger partial charge in [0.05, 0.1) is 13.2 Å². The second-order valence-electron chi connectivity index (χ2n) is 4.19. The highest BCUT2D eigenvalue weighted by Crippen LogP contribution is 2.16. The van der Waals surface area contributed by atoms with Gasteiger partial charge in [0.2, 0.25) is 0 Å². The Morgan fingerprint density at radius 1 is 1.50 bits per heavy atom. The van der Waals surface area contributed by atoms with Crippen LogP contribution in [0.25, 0.3) is 0 Å². The van der Waals surface area contributed by atoms with Crippen LogP contribution in [0.3, 0.4) is 0 Å². The second-order valence-corrected chi connectivity index (χ2v) is 4.19. The number of methoxy groups -OCH3 is 1. The fraction of sp³-hybridized carbons (Fsp3) is 0.538. The zero-order chi connectivity index (χ0) is 11.2. The highest BCUT2D eigenvalue weighted by atomic mass is 16.5. The van der Waals surface area contributed by atoms with Crippen LogP contribution >= 0.6 is 0 Å². The summed E-state index contributed by atoms with van der Waals surface area (Å²) in [5, 5.41) is 3.50. The van der Waals surface area contributed by atoms with E-state index in [1.54, 1.807) is 7.11 Å². The summed E-state index contributed by atoms with van der Waals surface area (Å²) in [7, 11) is 1.72. The van der Waals surface area contributed by atoms with Crippen molar-refractivity contribution in [2.24, 2.45) is 0 Å². The van der Waals surface area contributed by atoms with Gasteiger partial charge >= 0.3 is 0 Å². The molecule has 1 unspecified atom stereocenters. The van der Waals surface area contributed by atoms with Crippen LogP contribution in [-0.4, -0.2) is 26.4 Å². The molecule has 2 rings (SSSR count). The molecule has 0 spiro atoms. The summed E-state index contributed by atoms with van der Waals surface area (Å²) < 4.78 is 10.6. The van der Waals surface area contributed by atoms with Gasteiger partial charge in [-0.2, -0.15) is 0 Å². The van der Waals surface area contributed by atoms with Gasteiger partial charge in [0, 0.05) is 25.4 Å². The summed E-state index contributed by atoms with van der Waals surface area (Å²) >= 11 is 0. The molecular formula is C13H19NO2. The molecule has 0 radical (unpaired) electrons. The zero-order valence-corrected chi connectivity index (χ0v) is 9.74. The van der Waals surface area contributed by atoms with E-state index in [4.69, 9.17) is 9.47 Å². The summed E-state index contributed by atoms with van der Waals surface area (Å²) in [4.78, 5) is 0. The monoisotopic (exact) mass is 221 g/mol. The van der Waals surface area contributed by atoms with Gasteiger partial charge in [-0.3, -0.25) is 0 Å². The van der Waals surface area contributed by atoms with E-state index in [0.717, 1.165) is 25.3 Å². The van der Waals surface area contributed by atoms with Crippen LogP contribution in [0.15, 0.2) is 24.3 Å². The molecule has 1 aliphatic rings. The molecule has 1 aliphatic heterocycles. The van der Waals surface area contributed by atoms with E-state index in [2.05, 4.69) is 29.6 Å². The third-order valence-corrected chi connectivity index (χ3v) is 2.77. The van der Waals surface area contributed by atoms with Crippen LogP contribution in [-0.2, 0) is 16.1 Å². The van der Waals surface area contributed by atoms with Gasteiger partial charge in [0.25, 0.3) is 0 Å². The highest BCUT2D eigenvalue weighted by molar-refractivity contribution is 5.46. The van der Waals surface area contributed by atoms with Crippen molar-refractivity contribution in [1.29, 1.82) is 0 Å². The van der Waals surface area contributed by atoms with Crippen molar-refractivity contribution in [3.8, 4) is 0 Å². The molecule has 3 heteroatoms. The minimum absolute atomic E-state index is 0.451. The van der Waals surface area contributed by atoms with E-state index in [1.807, 2.05) is 0 Å². The smallest absolute Gasteiger partial charge is 0.0713 e. The number of anilines is 1. The molecule has 1 heterocycles. The molecule has 1 aromatic rings. The number of hydrogen-bond acceptors (Lipinski definition) is 3. The van der Waals surface area contributed by atoms with Crippen molar-refractivity contribution in [2.45, 2.75) is 25.5 Å². The largest absolute Gasteiger partial charge is 0.380 e. The first-order valence-corrected chi connectivity index (χ1v) is 5.80. The average molecular weight is 221 g/mol. The maximum atomic E-state index is 5.44. The number of hydrogen-bond donors (Lipinski definition) is 1. The maximum absolute atomic E-state index is 5.44. The Morgan fingerprint density at radius 3 is 3.19 bits per heavy atom. The van der Waals surface area contributed by atoms with Gasteiger partial charge in [-0.1, -0.05) is 12.1 Å². The molecule has 3 nitrogen and oxygen atoms in total. The molecule has 1 N–H and O–H groups in total. The maximum Gasteiger partial charge on any atom is 0.0713 e. The zero-order valence-electron chi connectivity index (χ0n) is 9.74. The van der Waals surface area contributed by atoms with Crippen molar-refractivity contribution in [2.75, 3.05) is 25.6 Å². The third kappa shape index (κ3) is 3.22. The van der Waals surface area contributed by atoms with Gasteiger partial charge in [0.1, 0.15) is 0 Å². The van der Waals surface area contributed by atoms with Crippen LogP contribution in [0, 0.1) is 0 Å². The molecular weight excluding hydrogens is 202 g/mol. The van der Waals surface area contributed by atoms with Crippen LogP contribution < -0.4 is 5.32 Å². The molecule has 0 amide bonds. The Kier molecular flexibility index (Phi) is 4.19. The number of benzene rings is 1. The summed E-state index contributed by atoms with van der Waals surface area (Å²) in [6.45, 7) is 2.38. The molecule has 16 heavy (non-hydrogen) atoms. The molecule has 0 bridgehead atoms. The van der Waals surface area contributed by atoms with Crippen molar-refractivity contribution in [1.82, 2.24) is 0 Å². The van der Waals surface area contributed by atoms with Crippen molar-refractivity contribution >= 4 is 5.69 Å². The van der Waals surface area contributed by atoms with E-state index in [-0.39, 0.29) is 0 Å². The number of nitrogens with one attached hydrogen (secondary N) is 1. The van der Waals surface area contributed by atoms with E-state index in [9.17, 15) is 0 Å². The minimum Gasteiger partial charge on any atom is -0.380 e. The van der Waals surface area contributed by atoms with Gasteiger partial charge in [0.15, 0.2) is 0 Å². The van der Waals surface area contributed by atoms with Gasteiger partial charge in [-0.25, -0.2) is 0 Å². The Morgan fingerprint density at radius 2 is 2.44 bits per heavy atom. The first-order chi connectivity index (χ1) is 7.88. The number of rotatable bonds is 4. The fourth-order valence-electron chi connectivity index (χ4n) is 2.01. The van der Waals surface area contributed by atoms with Crippen LogP contribution in [0.4, 0.5) is 5.69 Å². The molecule has 1 atom stereocenters. The fourth-order valence-corrected chi connectivity index (χ4v) is 2.01. The molecule has 0 saturated carbocycles. The van der Waals surface area contributed by atoms with Crippen LogP contribution in [0.5, 0.6) is 0 Å². The molecule has 88 valence electrons. The summed E-state index contributed by atoms with van der Waals surface area (Å²) in [5.41, 5.74) is 2.36. The van der Waals surface area contributed by atoms with Gasteiger partial charge in [-0.15, -0.1) is 0 Å². The summed E-state index contributed by atoms with van der Waals surface area (Å²) in [6.07, 6.45) is 2.34. The predicted molar refractivity (Wildman–Crippen MR) is 64.6 cm³/mol. The Bertz CT molecular complexity index is 321. The van der Waals surface area contributed by atoms with Crippen molar-refractivity contribution in [3.63, 3.8) is 0 Å². The highest BCUT2D eigenvalue weighted by Gasteiger charge is 2.13. The lowest BCUT2D eigenvalue weighted by Gasteiger charge is -2.24. The lowest BCUT2D eigenvalue weighted by atomic mass is 10.1. The normalized spacial score (nSPS) is 20.7. The lowest BCUT2D eigenvalue weighted by molar-refractivity contribution is 0.0876. The molecule has 0 aromatic heterocycles. The number of ether oxygens (including phenoxy) is 2. The van der Waals surface area contributed by atoms with Crippen LogP contribution in [0.2, 0.25) is 0 Å². The lowest BCUT2D eigenvalue weighted by Crippen LogP contribution is -2.29. The second kappa shape index (κ2) is 5.87. The summed E-state index contributed by atoms with van der Waals surface area (Å²) in [6, 6.07) is 8.81. The SMILES string of the molecule is COCc1cccc(NC2CCCOC2)c1. The Hall–Kier alpha value is -1.06. The molecule has 1 aromatic carbocycles. The van der Waals surface area contributed by atoms with Gasteiger partial charge in [-0.05, 0) is 30.5 Å². The Balaban J connectivity index is 1.94. The molecule has 0 aliphatic carbocycles.